The first-order chi connectivity index (χ1) is 16.9. The molecule has 4 aromatic rings. The molecule has 180 valence electrons. The molecule has 0 radical (unpaired) electrons. The Hall–Kier alpha value is -3.28. The minimum atomic E-state index is 0.539. The summed E-state index contributed by atoms with van der Waals surface area (Å²) >= 11 is 12.2. The van der Waals surface area contributed by atoms with Gasteiger partial charge in [-0.2, -0.15) is 0 Å². The largest absolute Gasteiger partial charge is 0.495 e. The molecule has 6 heteroatoms. The number of nitrogens with zero attached hydrogens (tertiary/aromatic N) is 2. The monoisotopic (exact) mass is 503 g/mol. The van der Waals surface area contributed by atoms with Crippen LogP contribution >= 0.6 is 23.8 Å². The molecule has 4 rings (SSSR count). The number of hydrogen-bond donors (Lipinski definition) is 1. The van der Waals surface area contributed by atoms with Gasteiger partial charge in [0.05, 0.1) is 18.7 Å². The van der Waals surface area contributed by atoms with Crippen molar-refractivity contribution in [3.63, 3.8) is 0 Å². The molecule has 0 unspecified atom stereocenters. The van der Waals surface area contributed by atoms with Crippen molar-refractivity contribution in [2.45, 2.75) is 33.5 Å². The van der Waals surface area contributed by atoms with E-state index < -0.39 is 0 Å². The lowest BCUT2D eigenvalue weighted by Gasteiger charge is -2.27. The number of aryl methyl sites for hydroxylation is 2. The average Bonchev–Trinajstić information content (AvgIpc) is 3.28. The second-order valence-electron chi connectivity index (χ2n) is 8.68. The first-order valence-electron chi connectivity index (χ1n) is 11.6. The fraction of sp³-hybridized carbons (Fsp3) is 0.207. The molecule has 0 spiro atoms. The van der Waals surface area contributed by atoms with Crippen LogP contribution in [0, 0.1) is 13.8 Å². The van der Waals surface area contributed by atoms with E-state index in [9.17, 15) is 0 Å². The summed E-state index contributed by atoms with van der Waals surface area (Å²) in [6.45, 7) is 6.48. The summed E-state index contributed by atoms with van der Waals surface area (Å²) in [5.74, 6) is 0.633. The first-order valence-corrected chi connectivity index (χ1v) is 12.3. The molecule has 3 aromatic carbocycles. The van der Waals surface area contributed by atoms with Gasteiger partial charge in [-0.1, -0.05) is 65.7 Å². The molecule has 0 bridgehead atoms. The number of nitrogens with one attached hydrogen (secondary N) is 1. The molecule has 0 aliphatic carbocycles. The molecule has 0 amide bonds. The molecule has 0 saturated carbocycles. The SMILES string of the molecule is COc1ccc(NC(=S)N(Cc2ccccc2)Cc2cccn2Cc2ccc(C)cc2C)cc1Cl. The summed E-state index contributed by atoms with van der Waals surface area (Å²) in [4.78, 5) is 2.18. The van der Waals surface area contributed by atoms with E-state index in [0.717, 1.165) is 12.2 Å². The third-order valence-electron chi connectivity index (χ3n) is 6.02. The number of rotatable bonds is 8. The van der Waals surface area contributed by atoms with Gasteiger partial charge in [-0.25, -0.2) is 0 Å². The van der Waals surface area contributed by atoms with Crippen molar-refractivity contribution in [2.75, 3.05) is 12.4 Å². The van der Waals surface area contributed by atoms with E-state index in [1.54, 1.807) is 7.11 Å². The van der Waals surface area contributed by atoms with Gasteiger partial charge in [-0.3, -0.25) is 0 Å². The summed E-state index contributed by atoms with van der Waals surface area (Å²) in [6.07, 6.45) is 2.13. The van der Waals surface area contributed by atoms with Gasteiger partial charge >= 0.3 is 0 Å². The Balaban J connectivity index is 1.56. The van der Waals surface area contributed by atoms with Gasteiger partial charge < -0.3 is 19.5 Å². The highest BCUT2D eigenvalue weighted by Crippen LogP contribution is 2.27. The Labute approximate surface area is 218 Å². The second kappa shape index (κ2) is 11.4. The summed E-state index contributed by atoms with van der Waals surface area (Å²) in [6, 6.07) is 26.8. The van der Waals surface area contributed by atoms with Crippen LogP contribution in [0.2, 0.25) is 5.02 Å². The third kappa shape index (κ3) is 6.44. The number of hydrogen-bond acceptors (Lipinski definition) is 2. The van der Waals surface area contributed by atoms with Crippen LogP contribution in [-0.4, -0.2) is 21.7 Å². The van der Waals surface area contributed by atoms with Crippen LogP contribution in [-0.2, 0) is 19.6 Å². The Morgan fingerprint density at radius 2 is 1.77 bits per heavy atom. The zero-order valence-electron chi connectivity index (χ0n) is 20.3. The molecular formula is C29H30ClN3OS. The van der Waals surface area contributed by atoms with Crippen molar-refractivity contribution >= 4 is 34.6 Å². The summed E-state index contributed by atoms with van der Waals surface area (Å²) in [5.41, 5.74) is 7.11. The smallest absolute Gasteiger partial charge is 0.174 e. The van der Waals surface area contributed by atoms with E-state index in [0.29, 0.717) is 29.0 Å². The fourth-order valence-electron chi connectivity index (χ4n) is 4.10. The third-order valence-corrected chi connectivity index (χ3v) is 6.68. The molecule has 0 aliphatic heterocycles. The van der Waals surface area contributed by atoms with E-state index in [2.05, 4.69) is 89.4 Å². The van der Waals surface area contributed by atoms with Gasteiger partial charge in [0.2, 0.25) is 0 Å². The van der Waals surface area contributed by atoms with Crippen LogP contribution in [0.15, 0.2) is 85.1 Å². The number of anilines is 1. The Bertz CT molecular complexity index is 1300. The predicted octanol–water partition coefficient (Wildman–Crippen LogP) is 7.21. The standard InChI is InChI=1S/C29H30ClN3OS/c1-21-11-12-24(22(2)16-21)19-32-15-7-10-26(32)20-33(18-23-8-5-4-6-9-23)29(35)31-25-13-14-28(34-3)27(30)17-25/h4-17H,18-20H2,1-3H3,(H,31,35). The summed E-state index contributed by atoms with van der Waals surface area (Å²) in [5, 5.41) is 4.53. The number of methoxy groups -OCH3 is 1. The summed E-state index contributed by atoms with van der Waals surface area (Å²) in [7, 11) is 1.60. The van der Waals surface area contributed by atoms with Crippen molar-refractivity contribution < 1.29 is 4.74 Å². The van der Waals surface area contributed by atoms with Crippen molar-refractivity contribution in [2.24, 2.45) is 0 Å². The second-order valence-corrected chi connectivity index (χ2v) is 9.47. The number of halogens is 1. The van der Waals surface area contributed by atoms with E-state index in [1.807, 2.05) is 24.3 Å². The Morgan fingerprint density at radius 1 is 0.971 bits per heavy atom. The summed E-state index contributed by atoms with van der Waals surface area (Å²) < 4.78 is 7.57. The van der Waals surface area contributed by atoms with Gasteiger partial charge in [-0.15, -0.1) is 0 Å². The fourth-order valence-corrected chi connectivity index (χ4v) is 4.60. The van der Waals surface area contributed by atoms with Gasteiger partial charge in [0, 0.05) is 30.7 Å². The van der Waals surface area contributed by atoms with Gasteiger partial charge in [0.1, 0.15) is 5.75 Å². The van der Waals surface area contributed by atoms with Crippen LogP contribution in [0.1, 0.15) is 27.9 Å². The molecule has 1 aromatic heterocycles. The zero-order chi connectivity index (χ0) is 24.8. The topological polar surface area (TPSA) is 29.4 Å². The van der Waals surface area contributed by atoms with E-state index in [-0.39, 0.29) is 0 Å². The Kier molecular flexibility index (Phi) is 8.11. The number of benzene rings is 3. The average molecular weight is 504 g/mol. The zero-order valence-corrected chi connectivity index (χ0v) is 21.9. The van der Waals surface area contributed by atoms with Crippen molar-refractivity contribution in [1.82, 2.24) is 9.47 Å². The van der Waals surface area contributed by atoms with E-state index in [4.69, 9.17) is 28.6 Å². The molecular weight excluding hydrogens is 474 g/mol. The number of ether oxygens (including phenoxy) is 1. The van der Waals surface area contributed by atoms with E-state index in [1.165, 1.54) is 27.9 Å². The molecule has 0 atom stereocenters. The highest BCUT2D eigenvalue weighted by molar-refractivity contribution is 7.80. The molecule has 0 aliphatic rings. The lowest BCUT2D eigenvalue weighted by molar-refractivity contribution is 0.399. The highest BCUT2D eigenvalue weighted by Gasteiger charge is 2.15. The first kappa shape index (κ1) is 24.8. The van der Waals surface area contributed by atoms with Crippen LogP contribution < -0.4 is 10.1 Å². The maximum absolute atomic E-state index is 6.33. The van der Waals surface area contributed by atoms with Gasteiger partial charge in [-0.05, 0) is 73.1 Å². The lowest BCUT2D eigenvalue weighted by Crippen LogP contribution is -2.34. The molecule has 1 heterocycles. The van der Waals surface area contributed by atoms with Crippen LogP contribution in [0.5, 0.6) is 5.75 Å². The van der Waals surface area contributed by atoms with Crippen molar-refractivity contribution in [1.29, 1.82) is 0 Å². The van der Waals surface area contributed by atoms with Crippen LogP contribution in [0.4, 0.5) is 5.69 Å². The van der Waals surface area contributed by atoms with E-state index >= 15 is 0 Å². The molecule has 1 N–H and O–H groups in total. The normalized spacial score (nSPS) is 10.7. The predicted molar refractivity (Wildman–Crippen MR) is 149 cm³/mol. The van der Waals surface area contributed by atoms with Crippen molar-refractivity contribution in [3.05, 3.63) is 118 Å². The van der Waals surface area contributed by atoms with Gasteiger partial charge in [0.15, 0.2) is 5.11 Å². The van der Waals surface area contributed by atoms with Gasteiger partial charge in [0.25, 0.3) is 0 Å². The molecule has 0 fully saturated rings. The molecule has 35 heavy (non-hydrogen) atoms. The van der Waals surface area contributed by atoms with Crippen LogP contribution in [0.3, 0.4) is 0 Å². The highest BCUT2D eigenvalue weighted by atomic mass is 35.5. The molecule has 4 nitrogen and oxygen atoms in total. The number of aromatic nitrogens is 1. The minimum Gasteiger partial charge on any atom is -0.495 e. The Morgan fingerprint density at radius 3 is 2.49 bits per heavy atom. The maximum Gasteiger partial charge on any atom is 0.174 e. The lowest BCUT2D eigenvalue weighted by atomic mass is 10.1. The number of thiocarbonyl (C=S) groups is 1. The molecule has 0 saturated heterocycles. The maximum atomic E-state index is 6.33. The van der Waals surface area contributed by atoms with Crippen molar-refractivity contribution in [3.8, 4) is 5.75 Å². The quantitative estimate of drug-likeness (QED) is 0.257. The van der Waals surface area contributed by atoms with Crippen LogP contribution in [0.25, 0.3) is 0 Å². The minimum absolute atomic E-state index is 0.539.